The van der Waals surface area contributed by atoms with Crippen LogP contribution in [0.2, 0.25) is 0 Å². The number of carbonyl (C=O) groups is 1. The molecule has 0 saturated carbocycles. The Balaban J connectivity index is 2.69. The van der Waals surface area contributed by atoms with Gasteiger partial charge in [0, 0.05) is 0 Å². The highest BCUT2D eigenvalue weighted by Gasteiger charge is 2.25. The number of nitro groups is 1. The molecule has 0 bridgehead atoms. The van der Waals surface area contributed by atoms with E-state index in [2.05, 4.69) is 0 Å². The van der Waals surface area contributed by atoms with Gasteiger partial charge < -0.3 is 9.47 Å². The summed E-state index contributed by atoms with van der Waals surface area (Å²) < 4.78 is 31.9. The van der Waals surface area contributed by atoms with Gasteiger partial charge in [0.15, 0.2) is 12.0 Å². The number of primary sulfonamides is 1. The SMILES string of the molecule is COc1c(OCCCCCS(N)(=O)=O)ccc(C=O)c1[N+](=O)[O-]. The monoisotopic (exact) mass is 346 g/mol. The maximum absolute atomic E-state index is 11.1. The van der Waals surface area contributed by atoms with Crippen LogP contribution in [0.3, 0.4) is 0 Å². The van der Waals surface area contributed by atoms with Crippen LogP contribution in [0, 0.1) is 10.1 Å². The highest BCUT2D eigenvalue weighted by molar-refractivity contribution is 7.89. The van der Waals surface area contributed by atoms with Crippen LogP contribution in [0.25, 0.3) is 0 Å². The summed E-state index contributed by atoms with van der Waals surface area (Å²) in [7, 11) is -2.22. The quantitative estimate of drug-likeness (QED) is 0.291. The highest BCUT2D eigenvalue weighted by atomic mass is 32.2. The molecule has 0 aliphatic carbocycles. The zero-order valence-electron chi connectivity index (χ0n) is 12.6. The number of sulfonamides is 1. The maximum atomic E-state index is 11.1. The van der Waals surface area contributed by atoms with Crippen molar-refractivity contribution >= 4 is 22.0 Å². The minimum atomic E-state index is -3.47. The number of aldehydes is 1. The molecule has 0 aliphatic rings. The lowest BCUT2D eigenvalue weighted by molar-refractivity contribution is -0.386. The Bertz CT molecular complexity index is 673. The van der Waals surface area contributed by atoms with Crippen LogP contribution in [0.4, 0.5) is 5.69 Å². The summed E-state index contributed by atoms with van der Waals surface area (Å²) >= 11 is 0. The van der Waals surface area contributed by atoms with Gasteiger partial charge in [-0.25, -0.2) is 13.6 Å². The first-order chi connectivity index (χ1) is 10.8. The number of hydrogen-bond acceptors (Lipinski definition) is 7. The third-order valence-electron chi connectivity index (χ3n) is 2.97. The Morgan fingerprint density at radius 2 is 2.00 bits per heavy atom. The number of methoxy groups -OCH3 is 1. The molecule has 1 aromatic rings. The van der Waals surface area contributed by atoms with Gasteiger partial charge in [0.05, 0.1) is 30.0 Å². The lowest BCUT2D eigenvalue weighted by Gasteiger charge is -2.11. The van der Waals surface area contributed by atoms with E-state index in [1.807, 2.05) is 0 Å². The number of nitro benzene ring substituents is 1. The number of nitrogens with zero attached hydrogens (tertiary/aromatic N) is 1. The van der Waals surface area contributed by atoms with Crippen molar-refractivity contribution in [3.63, 3.8) is 0 Å². The number of benzene rings is 1. The molecule has 9 nitrogen and oxygen atoms in total. The largest absolute Gasteiger partial charge is 0.489 e. The zero-order valence-corrected chi connectivity index (χ0v) is 13.4. The second kappa shape index (κ2) is 8.44. The minimum absolute atomic E-state index is 0.101. The number of unbranched alkanes of at least 4 members (excludes halogenated alkanes) is 2. The lowest BCUT2D eigenvalue weighted by Crippen LogP contribution is -2.16. The van der Waals surface area contributed by atoms with Crippen LogP contribution in [0.15, 0.2) is 12.1 Å². The second-order valence-electron chi connectivity index (χ2n) is 4.69. The molecule has 0 heterocycles. The van der Waals surface area contributed by atoms with Gasteiger partial charge >= 0.3 is 5.69 Å². The molecular formula is C13H18N2O7S. The highest BCUT2D eigenvalue weighted by Crippen LogP contribution is 2.39. The first kappa shape index (κ1) is 18.8. The van der Waals surface area contributed by atoms with E-state index < -0.39 is 20.6 Å². The van der Waals surface area contributed by atoms with E-state index in [1.165, 1.54) is 19.2 Å². The van der Waals surface area contributed by atoms with Gasteiger partial charge in [0.1, 0.15) is 0 Å². The first-order valence-corrected chi connectivity index (χ1v) is 8.45. The molecule has 2 N–H and O–H groups in total. The van der Waals surface area contributed by atoms with E-state index in [0.29, 0.717) is 25.5 Å². The Labute approximate surface area is 133 Å². The van der Waals surface area contributed by atoms with Crippen LogP contribution in [-0.2, 0) is 10.0 Å². The average molecular weight is 346 g/mol. The Morgan fingerprint density at radius 1 is 1.30 bits per heavy atom. The van der Waals surface area contributed by atoms with Crippen molar-refractivity contribution in [3.8, 4) is 11.5 Å². The van der Waals surface area contributed by atoms with Crippen molar-refractivity contribution < 1.29 is 27.6 Å². The third kappa shape index (κ3) is 5.83. The van der Waals surface area contributed by atoms with Crippen molar-refractivity contribution in [2.24, 2.45) is 5.14 Å². The predicted octanol–water partition coefficient (Wildman–Crippen LogP) is 1.25. The van der Waals surface area contributed by atoms with E-state index in [0.717, 1.165) is 0 Å². The summed E-state index contributed by atoms with van der Waals surface area (Å²) in [6.45, 7) is 0.221. The van der Waals surface area contributed by atoms with Gasteiger partial charge in [-0.15, -0.1) is 0 Å². The van der Waals surface area contributed by atoms with E-state index in [9.17, 15) is 23.3 Å². The van der Waals surface area contributed by atoms with Crippen LogP contribution >= 0.6 is 0 Å². The fourth-order valence-corrected chi connectivity index (χ4v) is 2.53. The molecule has 0 unspecified atom stereocenters. The summed E-state index contributed by atoms with van der Waals surface area (Å²) in [5.74, 6) is -0.0732. The van der Waals surface area contributed by atoms with Crippen molar-refractivity contribution in [1.29, 1.82) is 0 Å². The van der Waals surface area contributed by atoms with Gasteiger partial charge in [-0.05, 0) is 31.4 Å². The van der Waals surface area contributed by atoms with E-state index in [-0.39, 0.29) is 29.4 Å². The third-order valence-corrected chi connectivity index (χ3v) is 3.83. The number of rotatable bonds is 10. The number of hydrogen-bond donors (Lipinski definition) is 1. The molecule has 1 rings (SSSR count). The number of carbonyl (C=O) groups excluding carboxylic acids is 1. The molecule has 0 amide bonds. The van der Waals surface area contributed by atoms with E-state index in [4.69, 9.17) is 14.6 Å². The molecule has 10 heteroatoms. The molecule has 0 radical (unpaired) electrons. The van der Waals surface area contributed by atoms with Gasteiger partial charge in [-0.1, -0.05) is 0 Å². The Morgan fingerprint density at radius 3 is 2.52 bits per heavy atom. The fraction of sp³-hybridized carbons (Fsp3) is 0.462. The van der Waals surface area contributed by atoms with Crippen LogP contribution in [-0.4, -0.2) is 39.1 Å². The molecule has 0 saturated heterocycles. The maximum Gasteiger partial charge on any atom is 0.325 e. The summed E-state index contributed by atoms with van der Waals surface area (Å²) in [6.07, 6.45) is 1.90. The van der Waals surface area contributed by atoms with E-state index >= 15 is 0 Å². The van der Waals surface area contributed by atoms with Crippen molar-refractivity contribution in [3.05, 3.63) is 27.8 Å². The van der Waals surface area contributed by atoms with Crippen LogP contribution in [0.5, 0.6) is 11.5 Å². The molecule has 1 aromatic carbocycles. The standard InChI is InChI=1S/C13H18N2O7S/c1-21-13-11(6-5-10(9-16)12(13)15(17)18)22-7-3-2-4-8-23(14,19)20/h5-6,9H,2-4,7-8H2,1H3,(H2,14,19,20). The topological polar surface area (TPSA) is 139 Å². The Hall–Kier alpha value is -2.20. The molecule has 0 aromatic heterocycles. The molecule has 0 fully saturated rings. The van der Waals surface area contributed by atoms with Crippen molar-refractivity contribution in [1.82, 2.24) is 0 Å². The predicted molar refractivity (Wildman–Crippen MR) is 82.4 cm³/mol. The van der Waals surface area contributed by atoms with Gasteiger partial charge in [-0.3, -0.25) is 14.9 Å². The molecular weight excluding hydrogens is 328 g/mol. The molecule has 128 valence electrons. The fourth-order valence-electron chi connectivity index (χ4n) is 1.93. The van der Waals surface area contributed by atoms with Crippen molar-refractivity contribution in [2.75, 3.05) is 19.5 Å². The lowest BCUT2D eigenvalue weighted by atomic mass is 10.1. The summed E-state index contributed by atoms with van der Waals surface area (Å²) in [5, 5.41) is 15.9. The number of ether oxygens (including phenoxy) is 2. The van der Waals surface area contributed by atoms with Gasteiger partial charge in [0.2, 0.25) is 15.8 Å². The summed E-state index contributed by atoms with van der Waals surface area (Å²) in [5.41, 5.74) is -0.554. The van der Waals surface area contributed by atoms with Crippen LogP contribution < -0.4 is 14.6 Å². The molecule has 0 aliphatic heterocycles. The Kier molecular flexibility index (Phi) is 6.91. The second-order valence-corrected chi connectivity index (χ2v) is 6.42. The molecule has 23 heavy (non-hydrogen) atoms. The zero-order chi connectivity index (χ0) is 17.5. The van der Waals surface area contributed by atoms with Crippen LogP contribution in [0.1, 0.15) is 29.6 Å². The van der Waals surface area contributed by atoms with Crippen molar-refractivity contribution in [2.45, 2.75) is 19.3 Å². The van der Waals surface area contributed by atoms with Gasteiger partial charge in [-0.2, -0.15) is 0 Å². The summed E-state index contributed by atoms with van der Waals surface area (Å²) in [6, 6.07) is 2.70. The average Bonchev–Trinajstić information content (AvgIpc) is 2.48. The molecule has 0 spiro atoms. The summed E-state index contributed by atoms with van der Waals surface area (Å²) in [4.78, 5) is 21.2. The van der Waals surface area contributed by atoms with E-state index in [1.54, 1.807) is 0 Å². The molecule has 0 atom stereocenters. The normalized spacial score (nSPS) is 11.0. The first-order valence-electron chi connectivity index (χ1n) is 6.74. The van der Waals surface area contributed by atoms with Gasteiger partial charge in [0.25, 0.3) is 0 Å². The number of nitrogens with two attached hydrogens (primary N) is 1. The smallest absolute Gasteiger partial charge is 0.325 e. The minimum Gasteiger partial charge on any atom is -0.489 e.